The number of ether oxygens (including phenoxy) is 2. The van der Waals surface area contributed by atoms with Crippen LogP contribution in [0.25, 0.3) is 0 Å². The molecule has 0 radical (unpaired) electrons. The smallest absolute Gasteiger partial charge is 0.262 e. The zero-order valence-corrected chi connectivity index (χ0v) is 15.6. The Labute approximate surface area is 156 Å². The lowest BCUT2D eigenvalue weighted by Gasteiger charge is -2.16. The molecular weight excluding hydrogens is 368 g/mol. The first-order valence-electron chi connectivity index (χ1n) is 8.81. The number of benzene rings is 2. The van der Waals surface area contributed by atoms with Gasteiger partial charge < -0.3 is 14.4 Å². The Balaban J connectivity index is 1.56. The van der Waals surface area contributed by atoms with E-state index in [0.717, 1.165) is 29.0 Å². The van der Waals surface area contributed by atoms with Crippen LogP contribution >= 0.6 is 0 Å². The van der Waals surface area contributed by atoms with E-state index in [0.29, 0.717) is 36.6 Å². The van der Waals surface area contributed by atoms with Crippen molar-refractivity contribution in [3.63, 3.8) is 0 Å². The summed E-state index contributed by atoms with van der Waals surface area (Å²) in [6.45, 7) is 1.06. The van der Waals surface area contributed by atoms with Gasteiger partial charge >= 0.3 is 0 Å². The van der Waals surface area contributed by atoms with Crippen LogP contribution in [0.5, 0.6) is 11.5 Å². The quantitative estimate of drug-likeness (QED) is 0.871. The maximum Gasteiger partial charge on any atom is 0.262 e. The summed E-state index contributed by atoms with van der Waals surface area (Å²) in [6, 6.07) is 6.71. The Bertz CT molecular complexity index is 1060. The molecule has 0 aromatic heterocycles. The van der Waals surface area contributed by atoms with E-state index in [1.54, 1.807) is 24.1 Å². The summed E-state index contributed by atoms with van der Waals surface area (Å²) in [5.41, 5.74) is 3.72. The minimum absolute atomic E-state index is 0.0447. The van der Waals surface area contributed by atoms with Crippen molar-refractivity contribution in [3.05, 3.63) is 41.0 Å². The van der Waals surface area contributed by atoms with Crippen molar-refractivity contribution in [2.24, 2.45) is 0 Å². The fraction of sp³-hybridized carbons (Fsp3) is 0.316. The molecule has 27 heavy (non-hydrogen) atoms. The molecule has 0 atom stereocenters. The molecule has 3 aliphatic heterocycles. The number of nitrogens with one attached hydrogen (secondary N) is 1. The van der Waals surface area contributed by atoms with Crippen LogP contribution in [-0.4, -0.2) is 34.6 Å². The molecule has 1 amide bonds. The lowest BCUT2D eigenvalue weighted by atomic mass is 10.0. The molecule has 0 saturated carbocycles. The van der Waals surface area contributed by atoms with Crippen LogP contribution in [0.3, 0.4) is 0 Å². The number of carbonyl (C=O) groups excluding carboxylic acids is 1. The summed E-state index contributed by atoms with van der Waals surface area (Å²) in [5.74, 6) is 1.27. The highest BCUT2D eigenvalue weighted by molar-refractivity contribution is 7.92. The predicted molar refractivity (Wildman–Crippen MR) is 99.2 cm³/mol. The van der Waals surface area contributed by atoms with Crippen molar-refractivity contribution in [2.75, 3.05) is 29.9 Å². The molecule has 7 nitrogen and oxygen atoms in total. The van der Waals surface area contributed by atoms with E-state index in [4.69, 9.17) is 9.47 Å². The summed E-state index contributed by atoms with van der Waals surface area (Å²) < 4.78 is 40.2. The lowest BCUT2D eigenvalue weighted by molar-refractivity contribution is -0.117. The molecule has 2 aromatic rings. The third kappa shape index (κ3) is 2.47. The number of anilines is 2. The molecule has 2 aromatic carbocycles. The minimum atomic E-state index is -3.83. The minimum Gasteiger partial charge on any atom is -0.493 e. The van der Waals surface area contributed by atoms with E-state index in [-0.39, 0.29) is 17.2 Å². The monoisotopic (exact) mass is 386 g/mol. The van der Waals surface area contributed by atoms with Gasteiger partial charge in [0.15, 0.2) is 0 Å². The number of nitrogens with zero attached hydrogens (tertiary/aromatic N) is 1. The third-order valence-corrected chi connectivity index (χ3v) is 6.67. The fourth-order valence-electron chi connectivity index (χ4n) is 3.90. The Morgan fingerprint density at radius 3 is 2.74 bits per heavy atom. The van der Waals surface area contributed by atoms with E-state index < -0.39 is 10.0 Å². The van der Waals surface area contributed by atoms with E-state index in [2.05, 4.69) is 4.72 Å². The van der Waals surface area contributed by atoms with Gasteiger partial charge in [0, 0.05) is 36.7 Å². The van der Waals surface area contributed by atoms with E-state index in [9.17, 15) is 13.2 Å². The maximum absolute atomic E-state index is 13.1. The Morgan fingerprint density at radius 2 is 1.89 bits per heavy atom. The zero-order valence-electron chi connectivity index (χ0n) is 14.7. The zero-order chi connectivity index (χ0) is 18.8. The summed E-state index contributed by atoms with van der Waals surface area (Å²) >= 11 is 0. The van der Waals surface area contributed by atoms with Gasteiger partial charge in [0.25, 0.3) is 10.0 Å². The highest BCUT2D eigenvalue weighted by Gasteiger charge is 2.31. The molecule has 0 saturated heterocycles. The van der Waals surface area contributed by atoms with E-state index in [1.807, 2.05) is 6.07 Å². The van der Waals surface area contributed by atoms with Gasteiger partial charge in [-0.3, -0.25) is 9.52 Å². The fourth-order valence-corrected chi connectivity index (χ4v) is 5.05. The molecule has 8 heteroatoms. The molecule has 0 spiro atoms. The number of rotatable bonds is 3. The van der Waals surface area contributed by atoms with Gasteiger partial charge in [0.1, 0.15) is 11.5 Å². The number of fused-ring (bicyclic) bond motifs is 3. The largest absolute Gasteiger partial charge is 0.493 e. The standard InChI is InChI=1S/C19H18N2O5S/c1-21-15-3-2-13(8-12(15)10-17(21)22)27(23,24)20-18-14-5-7-25-16(14)9-11-4-6-26-19(11)18/h2-3,8-9,20H,4-7,10H2,1H3. The van der Waals surface area contributed by atoms with Gasteiger partial charge in [-0.25, -0.2) is 8.42 Å². The van der Waals surface area contributed by atoms with Crippen LogP contribution in [0.2, 0.25) is 0 Å². The Morgan fingerprint density at radius 1 is 1.07 bits per heavy atom. The SMILES string of the molecule is CN1C(=O)Cc2cc(S(=O)(=O)Nc3c4c(cc5c3OCC5)OCC4)ccc21. The molecule has 140 valence electrons. The van der Waals surface area contributed by atoms with E-state index >= 15 is 0 Å². The summed E-state index contributed by atoms with van der Waals surface area (Å²) in [6.07, 6.45) is 1.57. The average Bonchev–Trinajstić information content (AvgIpc) is 3.34. The van der Waals surface area contributed by atoms with Gasteiger partial charge in [-0.2, -0.15) is 0 Å². The van der Waals surface area contributed by atoms with Crippen molar-refractivity contribution in [1.29, 1.82) is 0 Å². The second kappa shape index (κ2) is 5.63. The van der Waals surface area contributed by atoms with Crippen LogP contribution in [0.1, 0.15) is 16.7 Å². The van der Waals surface area contributed by atoms with Gasteiger partial charge in [0.2, 0.25) is 5.91 Å². The van der Waals surface area contributed by atoms with Crippen LogP contribution in [0, 0.1) is 0 Å². The number of hydrogen-bond acceptors (Lipinski definition) is 5. The predicted octanol–water partition coefficient (Wildman–Crippen LogP) is 1.88. The lowest BCUT2D eigenvalue weighted by Crippen LogP contribution is -2.20. The Kier molecular flexibility index (Phi) is 3.42. The molecule has 0 unspecified atom stereocenters. The normalized spacial score (nSPS) is 17.2. The van der Waals surface area contributed by atoms with Crippen LogP contribution in [-0.2, 0) is 34.1 Å². The van der Waals surface area contributed by atoms with Crippen LogP contribution in [0.15, 0.2) is 29.2 Å². The third-order valence-electron chi connectivity index (χ3n) is 5.33. The molecule has 0 aliphatic carbocycles. The van der Waals surface area contributed by atoms with E-state index in [1.165, 1.54) is 6.07 Å². The van der Waals surface area contributed by atoms with Gasteiger partial charge in [-0.05, 0) is 29.8 Å². The van der Waals surface area contributed by atoms with Gasteiger partial charge in [-0.1, -0.05) is 0 Å². The Hall–Kier alpha value is -2.74. The van der Waals surface area contributed by atoms with Crippen molar-refractivity contribution in [2.45, 2.75) is 24.2 Å². The first-order chi connectivity index (χ1) is 12.9. The van der Waals surface area contributed by atoms with Crippen molar-refractivity contribution >= 4 is 27.3 Å². The van der Waals surface area contributed by atoms with Crippen molar-refractivity contribution < 1.29 is 22.7 Å². The molecular formula is C19H18N2O5S. The number of hydrogen-bond donors (Lipinski definition) is 1. The first-order valence-corrected chi connectivity index (χ1v) is 10.3. The topological polar surface area (TPSA) is 84.9 Å². The molecule has 3 heterocycles. The number of carbonyl (C=O) groups is 1. The number of likely N-dealkylation sites (N-methyl/N-ethyl adjacent to an activating group) is 1. The summed E-state index contributed by atoms with van der Waals surface area (Å²) in [7, 11) is -2.14. The average molecular weight is 386 g/mol. The molecule has 5 rings (SSSR count). The summed E-state index contributed by atoms with van der Waals surface area (Å²) in [4.78, 5) is 13.5. The number of amides is 1. The first kappa shape index (κ1) is 16.4. The van der Waals surface area contributed by atoms with Gasteiger partial charge in [0.05, 0.1) is 30.2 Å². The molecule has 3 aliphatic rings. The highest BCUT2D eigenvalue weighted by atomic mass is 32.2. The van der Waals surface area contributed by atoms with Crippen LogP contribution < -0.4 is 19.1 Å². The maximum atomic E-state index is 13.1. The highest BCUT2D eigenvalue weighted by Crippen LogP contribution is 2.45. The second-order valence-electron chi connectivity index (χ2n) is 6.94. The molecule has 0 fully saturated rings. The van der Waals surface area contributed by atoms with Crippen molar-refractivity contribution in [3.8, 4) is 11.5 Å². The van der Waals surface area contributed by atoms with Gasteiger partial charge in [-0.15, -0.1) is 0 Å². The molecule has 0 bridgehead atoms. The van der Waals surface area contributed by atoms with Crippen LogP contribution in [0.4, 0.5) is 11.4 Å². The number of sulfonamides is 1. The molecule has 1 N–H and O–H groups in total. The second-order valence-corrected chi connectivity index (χ2v) is 8.62. The van der Waals surface area contributed by atoms with Crippen molar-refractivity contribution in [1.82, 2.24) is 0 Å². The summed E-state index contributed by atoms with van der Waals surface area (Å²) in [5, 5.41) is 0.